The molecule has 0 aliphatic carbocycles. The lowest BCUT2D eigenvalue weighted by atomic mass is 10.1. The number of nitrogens with one attached hydrogen (secondary N) is 1. The van der Waals surface area contributed by atoms with Gasteiger partial charge in [0.25, 0.3) is 0 Å². The maximum absolute atomic E-state index is 5.52. The van der Waals surface area contributed by atoms with Gasteiger partial charge in [0, 0.05) is 13.2 Å². The third-order valence-corrected chi connectivity index (χ3v) is 2.91. The van der Waals surface area contributed by atoms with Crippen molar-refractivity contribution in [2.45, 2.75) is 20.3 Å². The van der Waals surface area contributed by atoms with Crippen molar-refractivity contribution in [2.24, 2.45) is 5.92 Å². The molecule has 1 rings (SSSR count). The molecule has 0 atom stereocenters. The second kappa shape index (κ2) is 9.61. The van der Waals surface area contributed by atoms with Crippen molar-refractivity contribution in [1.29, 1.82) is 0 Å². The Bertz CT molecular complexity index is 380. The topological polar surface area (TPSA) is 39.7 Å². The largest absolute Gasteiger partial charge is 0.493 e. The Morgan fingerprint density at radius 3 is 2.45 bits per heavy atom. The standard InChI is InChI=1S/C16H27NO3/c1-13(2)12-20-10-9-17-8-7-14-5-6-15(18-3)16(11-14)19-4/h5-6,11,13,17H,7-10,12H2,1-4H3. The van der Waals surface area contributed by atoms with Gasteiger partial charge in [-0.3, -0.25) is 0 Å². The molecule has 0 aliphatic rings. The van der Waals surface area contributed by atoms with Gasteiger partial charge in [-0.15, -0.1) is 0 Å². The average molecular weight is 281 g/mol. The molecule has 0 aliphatic heterocycles. The molecule has 1 aromatic rings. The van der Waals surface area contributed by atoms with Gasteiger partial charge in [-0.25, -0.2) is 0 Å². The van der Waals surface area contributed by atoms with Crippen LogP contribution in [-0.2, 0) is 11.2 Å². The van der Waals surface area contributed by atoms with E-state index in [1.165, 1.54) is 5.56 Å². The van der Waals surface area contributed by atoms with Crippen molar-refractivity contribution in [1.82, 2.24) is 5.32 Å². The minimum atomic E-state index is 0.599. The van der Waals surface area contributed by atoms with E-state index in [0.717, 1.165) is 44.2 Å². The summed E-state index contributed by atoms with van der Waals surface area (Å²) in [5.41, 5.74) is 1.23. The van der Waals surface area contributed by atoms with Crippen molar-refractivity contribution in [3.8, 4) is 11.5 Å². The maximum atomic E-state index is 5.52. The summed E-state index contributed by atoms with van der Waals surface area (Å²) in [6, 6.07) is 6.04. The summed E-state index contributed by atoms with van der Waals surface area (Å²) in [5, 5.41) is 3.38. The first-order valence-electron chi connectivity index (χ1n) is 7.16. The first kappa shape index (κ1) is 16.8. The van der Waals surface area contributed by atoms with Crippen molar-refractivity contribution >= 4 is 0 Å². The predicted octanol–water partition coefficient (Wildman–Crippen LogP) is 2.51. The quantitative estimate of drug-likeness (QED) is 0.669. The molecule has 0 saturated carbocycles. The van der Waals surface area contributed by atoms with E-state index < -0.39 is 0 Å². The molecule has 0 amide bonds. The van der Waals surface area contributed by atoms with Crippen LogP contribution in [0.4, 0.5) is 0 Å². The van der Waals surface area contributed by atoms with Crippen LogP contribution in [0.5, 0.6) is 11.5 Å². The summed E-state index contributed by atoms with van der Waals surface area (Å²) in [6.45, 7) is 7.73. The zero-order chi connectivity index (χ0) is 14.8. The van der Waals surface area contributed by atoms with Gasteiger partial charge in [-0.1, -0.05) is 19.9 Å². The fourth-order valence-electron chi connectivity index (χ4n) is 1.86. The van der Waals surface area contributed by atoms with E-state index >= 15 is 0 Å². The van der Waals surface area contributed by atoms with Gasteiger partial charge >= 0.3 is 0 Å². The Labute approximate surface area is 122 Å². The minimum absolute atomic E-state index is 0.599. The van der Waals surface area contributed by atoms with Crippen LogP contribution >= 0.6 is 0 Å². The van der Waals surface area contributed by atoms with Crippen molar-refractivity contribution in [3.05, 3.63) is 23.8 Å². The molecule has 4 nitrogen and oxygen atoms in total. The van der Waals surface area contributed by atoms with Crippen LogP contribution in [-0.4, -0.2) is 40.5 Å². The van der Waals surface area contributed by atoms with Gasteiger partial charge in [0.1, 0.15) is 0 Å². The van der Waals surface area contributed by atoms with Crippen LogP contribution in [0, 0.1) is 5.92 Å². The van der Waals surface area contributed by atoms with E-state index in [9.17, 15) is 0 Å². The highest BCUT2D eigenvalue weighted by Gasteiger charge is 2.04. The Kier molecular flexibility index (Phi) is 8.07. The molecular formula is C16H27NO3. The number of methoxy groups -OCH3 is 2. The van der Waals surface area contributed by atoms with Crippen LogP contribution < -0.4 is 14.8 Å². The zero-order valence-corrected chi connectivity index (χ0v) is 13.1. The molecule has 0 radical (unpaired) electrons. The zero-order valence-electron chi connectivity index (χ0n) is 13.1. The number of hydrogen-bond acceptors (Lipinski definition) is 4. The average Bonchev–Trinajstić information content (AvgIpc) is 2.45. The number of rotatable bonds is 10. The SMILES string of the molecule is COc1ccc(CCNCCOCC(C)C)cc1OC. The number of ether oxygens (including phenoxy) is 3. The monoisotopic (exact) mass is 281 g/mol. The second-order valence-electron chi connectivity index (χ2n) is 5.16. The van der Waals surface area contributed by atoms with Gasteiger partial charge < -0.3 is 19.5 Å². The summed E-state index contributed by atoms with van der Waals surface area (Å²) in [5.74, 6) is 2.15. The summed E-state index contributed by atoms with van der Waals surface area (Å²) < 4.78 is 16.0. The lowest BCUT2D eigenvalue weighted by Gasteiger charge is -2.10. The Morgan fingerprint density at radius 1 is 1.05 bits per heavy atom. The van der Waals surface area contributed by atoms with Crippen LogP contribution in [0.2, 0.25) is 0 Å². The van der Waals surface area contributed by atoms with E-state index in [1.54, 1.807) is 14.2 Å². The fraction of sp³-hybridized carbons (Fsp3) is 0.625. The number of hydrogen-bond donors (Lipinski definition) is 1. The normalized spacial score (nSPS) is 10.8. The van der Waals surface area contributed by atoms with Crippen LogP contribution in [0.1, 0.15) is 19.4 Å². The highest BCUT2D eigenvalue weighted by atomic mass is 16.5. The Hall–Kier alpha value is -1.26. The van der Waals surface area contributed by atoms with Gasteiger partial charge in [-0.05, 0) is 36.6 Å². The molecule has 20 heavy (non-hydrogen) atoms. The maximum Gasteiger partial charge on any atom is 0.160 e. The Morgan fingerprint density at radius 2 is 1.80 bits per heavy atom. The smallest absolute Gasteiger partial charge is 0.160 e. The van der Waals surface area contributed by atoms with E-state index in [1.807, 2.05) is 12.1 Å². The van der Waals surface area contributed by atoms with Crippen LogP contribution in [0.15, 0.2) is 18.2 Å². The molecule has 114 valence electrons. The van der Waals surface area contributed by atoms with Crippen molar-refractivity contribution in [3.63, 3.8) is 0 Å². The summed E-state index contributed by atoms with van der Waals surface area (Å²) in [6.07, 6.45) is 0.963. The van der Waals surface area contributed by atoms with Gasteiger partial charge in [0.05, 0.1) is 20.8 Å². The summed E-state index contributed by atoms with van der Waals surface area (Å²) in [7, 11) is 3.31. The number of benzene rings is 1. The van der Waals surface area contributed by atoms with Crippen LogP contribution in [0.3, 0.4) is 0 Å². The third kappa shape index (κ3) is 6.26. The van der Waals surface area contributed by atoms with E-state index in [2.05, 4.69) is 25.2 Å². The Balaban J connectivity index is 2.22. The molecule has 1 N–H and O–H groups in total. The molecule has 0 bridgehead atoms. The van der Waals surface area contributed by atoms with Gasteiger partial charge in [-0.2, -0.15) is 0 Å². The lowest BCUT2D eigenvalue weighted by molar-refractivity contribution is 0.112. The van der Waals surface area contributed by atoms with Crippen LogP contribution in [0.25, 0.3) is 0 Å². The molecule has 0 aromatic heterocycles. The van der Waals surface area contributed by atoms with Gasteiger partial charge in [0.2, 0.25) is 0 Å². The molecule has 0 unspecified atom stereocenters. The molecule has 4 heteroatoms. The summed E-state index contributed by atoms with van der Waals surface area (Å²) >= 11 is 0. The van der Waals surface area contributed by atoms with E-state index in [4.69, 9.17) is 14.2 Å². The minimum Gasteiger partial charge on any atom is -0.493 e. The molecule has 0 fully saturated rings. The molecular weight excluding hydrogens is 254 g/mol. The van der Waals surface area contributed by atoms with Crippen molar-refractivity contribution in [2.75, 3.05) is 40.5 Å². The van der Waals surface area contributed by atoms with E-state index in [-0.39, 0.29) is 0 Å². The second-order valence-corrected chi connectivity index (χ2v) is 5.16. The molecule has 0 saturated heterocycles. The summed E-state index contributed by atoms with van der Waals surface area (Å²) in [4.78, 5) is 0. The first-order valence-corrected chi connectivity index (χ1v) is 7.16. The van der Waals surface area contributed by atoms with Gasteiger partial charge in [0.15, 0.2) is 11.5 Å². The third-order valence-electron chi connectivity index (χ3n) is 2.91. The predicted molar refractivity (Wildman–Crippen MR) is 81.8 cm³/mol. The van der Waals surface area contributed by atoms with Crippen molar-refractivity contribution < 1.29 is 14.2 Å². The lowest BCUT2D eigenvalue weighted by Crippen LogP contribution is -2.23. The molecule has 0 heterocycles. The van der Waals surface area contributed by atoms with E-state index in [0.29, 0.717) is 5.92 Å². The highest BCUT2D eigenvalue weighted by Crippen LogP contribution is 2.27. The molecule has 1 aromatic carbocycles. The molecule has 0 spiro atoms. The fourth-order valence-corrected chi connectivity index (χ4v) is 1.86. The first-order chi connectivity index (χ1) is 9.67. The highest BCUT2D eigenvalue weighted by molar-refractivity contribution is 5.42.